The van der Waals surface area contributed by atoms with E-state index >= 15 is 0 Å². The molecule has 0 heterocycles. The van der Waals surface area contributed by atoms with Crippen LogP contribution in [0.15, 0.2) is 24.3 Å². The molecule has 0 aromatic heterocycles. The van der Waals surface area contributed by atoms with Crippen molar-refractivity contribution in [2.75, 3.05) is 0 Å². The molecule has 0 aliphatic rings. The predicted octanol–water partition coefficient (Wildman–Crippen LogP) is 3.40. The maximum Gasteiger partial charge on any atom is 0.123 e. The molecule has 0 radical (unpaired) electrons. The molecular weight excluding hydrogens is 184 g/mol. The van der Waals surface area contributed by atoms with Gasteiger partial charge in [-0.2, -0.15) is 0 Å². The Hall–Kier alpha value is -1.11. The van der Waals surface area contributed by atoms with Gasteiger partial charge in [0, 0.05) is 5.92 Å². The van der Waals surface area contributed by atoms with Crippen molar-refractivity contribution in [3.05, 3.63) is 35.4 Å². The highest BCUT2D eigenvalue weighted by Crippen LogP contribution is 2.28. The number of rotatable bonds is 3. The minimum absolute atomic E-state index is 0.0457. The monoisotopic (exact) mass is 204 g/mol. The molecule has 0 aliphatic carbocycles. The van der Waals surface area contributed by atoms with Gasteiger partial charge in [-0.25, -0.2) is 0 Å². The van der Waals surface area contributed by atoms with Crippen LogP contribution >= 0.6 is 0 Å². The first-order valence-electron chi connectivity index (χ1n) is 5.45. The number of benzene rings is 1. The fourth-order valence-corrected chi connectivity index (χ4v) is 1.63. The second kappa shape index (κ2) is 4.61. The largest absolute Gasteiger partial charge is 0.303 e. The van der Waals surface area contributed by atoms with Crippen LogP contribution in [0.25, 0.3) is 0 Å². The van der Waals surface area contributed by atoms with Crippen molar-refractivity contribution < 1.29 is 4.79 Å². The molecule has 1 nitrogen and oxygen atoms in total. The van der Waals surface area contributed by atoms with Gasteiger partial charge in [0.2, 0.25) is 0 Å². The van der Waals surface area contributed by atoms with E-state index in [1.807, 2.05) is 12.1 Å². The zero-order valence-electron chi connectivity index (χ0n) is 10.1. The highest BCUT2D eigenvalue weighted by Gasteiger charge is 2.24. The Morgan fingerprint density at radius 3 is 2.33 bits per heavy atom. The molecule has 0 N–H and O–H groups in total. The van der Waals surface area contributed by atoms with E-state index in [0.29, 0.717) is 0 Å². The summed E-state index contributed by atoms with van der Waals surface area (Å²) in [6.07, 6.45) is 1.94. The summed E-state index contributed by atoms with van der Waals surface area (Å²) >= 11 is 0. The van der Waals surface area contributed by atoms with E-state index in [1.54, 1.807) is 0 Å². The summed E-state index contributed by atoms with van der Waals surface area (Å²) in [7, 11) is 0. The van der Waals surface area contributed by atoms with Gasteiger partial charge >= 0.3 is 0 Å². The average Bonchev–Trinajstić information content (AvgIpc) is 2.14. The lowest BCUT2D eigenvalue weighted by atomic mass is 9.78. The second-order valence-corrected chi connectivity index (χ2v) is 5.24. The van der Waals surface area contributed by atoms with Gasteiger partial charge in [0.25, 0.3) is 0 Å². The van der Waals surface area contributed by atoms with Crippen LogP contribution in [0.3, 0.4) is 0 Å². The van der Waals surface area contributed by atoms with Crippen LogP contribution in [0.4, 0.5) is 0 Å². The molecule has 0 aliphatic heterocycles. The van der Waals surface area contributed by atoms with E-state index < -0.39 is 0 Å². The fraction of sp³-hybridized carbons (Fsp3) is 0.500. The Morgan fingerprint density at radius 2 is 1.87 bits per heavy atom. The van der Waals surface area contributed by atoms with Gasteiger partial charge in [-0.15, -0.1) is 0 Å². The van der Waals surface area contributed by atoms with E-state index in [-0.39, 0.29) is 11.3 Å². The van der Waals surface area contributed by atoms with Crippen LogP contribution in [0.5, 0.6) is 0 Å². The molecule has 0 bridgehead atoms. The van der Waals surface area contributed by atoms with Crippen molar-refractivity contribution in [1.82, 2.24) is 0 Å². The van der Waals surface area contributed by atoms with Gasteiger partial charge in [-0.3, -0.25) is 0 Å². The van der Waals surface area contributed by atoms with Crippen LogP contribution in [0, 0.1) is 18.3 Å². The summed E-state index contributed by atoms with van der Waals surface area (Å²) in [6, 6.07) is 8.27. The third-order valence-electron chi connectivity index (χ3n) is 2.98. The van der Waals surface area contributed by atoms with E-state index in [0.717, 1.165) is 12.7 Å². The van der Waals surface area contributed by atoms with Crippen molar-refractivity contribution in [3.63, 3.8) is 0 Å². The normalized spacial score (nSPS) is 13.6. The highest BCUT2D eigenvalue weighted by molar-refractivity contribution is 5.56. The molecule has 1 heteroatoms. The number of aldehydes is 1. The number of aryl methyl sites for hydroxylation is 1. The molecule has 1 aromatic rings. The standard InChI is InChI=1S/C14H20O/c1-11-7-5-6-8-12(11)9-13(10-15)14(2,3)4/h5-8,10,13H,9H2,1-4H3. The Balaban J connectivity index is 2.85. The van der Waals surface area contributed by atoms with Crippen molar-refractivity contribution >= 4 is 6.29 Å². The van der Waals surface area contributed by atoms with Gasteiger partial charge < -0.3 is 4.79 Å². The maximum atomic E-state index is 11.1. The summed E-state index contributed by atoms with van der Waals surface area (Å²) in [4.78, 5) is 11.1. The molecule has 0 saturated carbocycles. The molecule has 0 saturated heterocycles. The van der Waals surface area contributed by atoms with E-state index in [9.17, 15) is 4.79 Å². The highest BCUT2D eigenvalue weighted by atomic mass is 16.1. The molecule has 15 heavy (non-hydrogen) atoms. The zero-order valence-corrected chi connectivity index (χ0v) is 10.1. The molecule has 82 valence electrons. The molecule has 1 aromatic carbocycles. The summed E-state index contributed by atoms with van der Waals surface area (Å²) in [5, 5.41) is 0. The Morgan fingerprint density at radius 1 is 1.27 bits per heavy atom. The van der Waals surface area contributed by atoms with Gasteiger partial charge in [0.15, 0.2) is 0 Å². The zero-order chi connectivity index (χ0) is 11.5. The molecule has 0 fully saturated rings. The smallest absolute Gasteiger partial charge is 0.123 e. The van der Waals surface area contributed by atoms with E-state index in [2.05, 4.69) is 39.8 Å². The van der Waals surface area contributed by atoms with Crippen molar-refractivity contribution in [2.24, 2.45) is 11.3 Å². The van der Waals surface area contributed by atoms with Crippen LogP contribution in [-0.2, 0) is 11.2 Å². The minimum atomic E-state index is 0.0457. The lowest BCUT2D eigenvalue weighted by molar-refractivity contribution is -0.113. The second-order valence-electron chi connectivity index (χ2n) is 5.24. The first-order chi connectivity index (χ1) is 6.95. The van der Waals surface area contributed by atoms with Crippen LogP contribution < -0.4 is 0 Å². The molecule has 0 amide bonds. The number of carbonyl (C=O) groups excluding carboxylic acids is 1. The van der Waals surface area contributed by atoms with Crippen LogP contribution in [-0.4, -0.2) is 6.29 Å². The summed E-state index contributed by atoms with van der Waals surface area (Å²) in [5.41, 5.74) is 2.60. The van der Waals surface area contributed by atoms with Gasteiger partial charge in [-0.1, -0.05) is 45.0 Å². The first-order valence-corrected chi connectivity index (χ1v) is 5.45. The van der Waals surface area contributed by atoms with Crippen molar-refractivity contribution in [3.8, 4) is 0 Å². The Bertz CT molecular complexity index is 333. The molecular formula is C14H20O. The van der Waals surface area contributed by atoms with Gasteiger partial charge in [-0.05, 0) is 29.9 Å². The minimum Gasteiger partial charge on any atom is -0.303 e. The lowest BCUT2D eigenvalue weighted by Crippen LogP contribution is -2.24. The quantitative estimate of drug-likeness (QED) is 0.690. The average molecular weight is 204 g/mol. The Labute approximate surface area is 92.5 Å². The third kappa shape index (κ3) is 3.19. The van der Waals surface area contributed by atoms with E-state index in [4.69, 9.17) is 0 Å². The lowest BCUT2D eigenvalue weighted by Gasteiger charge is -2.26. The topological polar surface area (TPSA) is 17.1 Å². The summed E-state index contributed by atoms with van der Waals surface area (Å²) in [5.74, 6) is 0.0959. The van der Waals surface area contributed by atoms with Crippen molar-refractivity contribution in [1.29, 1.82) is 0 Å². The Kier molecular flexibility index (Phi) is 3.67. The van der Waals surface area contributed by atoms with Crippen LogP contribution in [0.1, 0.15) is 31.9 Å². The SMILES string of the molecule is Cc1ccccc1CC(C=O)C(C)(C)C. The number of carbonyl (C=O) groups is 1. The van der Waals surface area contributed by atoms with Crippen molar-refractivity contribution in [2.45, 2.75) is 34.1 Å². The third-order valence-corrected chi connectivity index (χ3v) is 2.98. The first kappa shape index (κ1) is 12.0. The number of hydrogen-bond donors (Lipinski definition) is 0. The fourth-order valence-electron chi connectivity index (χ4n) is 1.63. The van der Waals surface area contributed by atoms with E-state index in [1.165, 1.54) is 11.1 Å². The molecule has 1 unspecified atom stereocenters. The number of hydrogen-bond acceptors (Lipinski definition) is 1. The molecule has 1 atom stereocenters. The van der Waals surface area contributed by atoms with Crippen LogP contribution in [0.2, 0.25) is 0 Å². The molecule has 0 spiro atoms. The predicted molar refractivity (Wildman–Crippen MR) is 63.9 cm³/mol. The van der Waals surface area contributed by atoms with Gasteiger partial charge in [0.05, 0.1) is 0 Å². The molecule has 1 rings (SSSR count). The summed E-state index contributed by atoms with van der Waals surface area (Å²) in [6.45, 7) is 8.44. The maximum absolute atomic E-state index is 11.1. The van der Waals surface area contributed by atoms with Gasteiger partial charge in [0.1, 0.15) is 6.29 Å². The summed E-state index contributed by atoms with van der Waals surface area (Å²) < 4.78 is 0.